The molecule has 1 aliphatic heterocycles. The quantitative estimate of drug-likeness (QED) is 0.644. The van der Waals surface area contributed by atoms with Crippen molar-refractivity contribution in [1.82, 2.24) is 4.90 Å². The molecule has 1 amide bonds. The van der Waals surface area contributed by atoms with E-state index in [2.05, 4.69) is 0 Å². The van der Waals surface area contributed by atoms with Crippen LogP contribution in [0.15, 0.2) is 24.3 Å². The van der Waals surface area contributed by atoms with Crippen molar-refractivity contribution >= 4 is 6.09 Å². The van der Waals surface area contributed by atoms with Crippen LogP contribution in [0.4, 0.5) is 4.79 Å². The molecule has 0 aromatic heterocycles. The first kappa shape index (κ1) is 13.6. The fourth-order valence-corrected chi connectivity index (χ4v) is 2.64. The lowest BCUT2D eigenvalue weighted by molar-refractivity contribution is -0.269. The van der Waals surface area contributed by atoms with Gasteiger partial charge in [-0.25, -0.2) is 0 Å². The highest BCUT2D eigenvalue weighted by atomic mass is 16.4. The van der Waals surface area contributed by atoms with Gasteiger partial charge in [0, 0.05) is 31.5 Å². The number of phenols is 1. The third-order valence-corrected chi connectivity index (χ3v) is 3.56. The second kappa shape index (κ2) is 5.46. The lowest BCUT2D eigenvalue weighted by Crippen LogP contribution is -2.54. The number of carbonyl (C=O) groups excluding carboxylic acids is 1. The second-order valence-electron chi connectivity index (χ2n) is 4.80. The maximum atomic E-state index is 10.8. The van der Waals surface area contributed by atoms with Crippen molar-refractivity contribution < 1.29 is 25.2 Å². The molecule has 6 heteroatoms. The Bertz CT molecular complexity index is 447. The first-order valence-corrected chi connectivity index (χ1v) is 6.06. The maximum absolute atomic E-state index is 10.8. The van der Waals surface area contributed by atoms with Gasteiger partial charge in [0.05, 0.1) is 6.10 Å². The molecule has 1 saturated heterocycles. The van der Waals surface area contributed by atoms with Crippen LogP contribution >= 0.6 is 0 Å². The number of aliphatic hydroxyl groups is 2. The molecule has 0 spiro atoms. The Morgan fingerprint density at radius 1 is 1.32 bits per heavy atom. The van der Waals surface area contributed by atoms with E-state index in [9.17, 15) is 25.2 Å². The molecule has 2 rings (SSSR count). The minimum absolute atomic E-state index is 0.0373. The predicted octanol–water partition coefficient (Wildman–Crippen LogP) is -0.896. The van der Waals surface area contributed by atoms with Gasteiger partial charge in [-0.05, 0) is 17.7 Å². The van der Waals surface area contributed by atoms with E-state index in [0.29, 0.717) is 0 Å². The van der Waals surface area contributed by atoms with Gasteiger partial charge in [0.15, 0.2) is 0 Å². The number of piperidine rings is 1. The number of likely N-dealkylation sites (tertiary alicyclic amines) is 1. The number of phenolic OH excluding ortho intramolecular Hbond substituents is 1. The summed E-state index contributed by atoms with van der Waals surface area (Å²) in [4.78, 5) is 11.8. The Kier molecular flexibility index (Phi) is 3.92. The van der Waals surface area contributed by atoms with E-state index >= 15 is 0 Å². The van der Waals surface area contributed by atoms with Crippen LogP contribution < -0.4 is 5.11 Å². The smallest absolute Gasteiger partial charge is 0.137 e. The van der Waals surface area contributed by atoms with Crippen LogP contribution in [0.5, 0.6) is 5.75 Å². The van der Waals surface area contributed by atoms with Crippen molar-refractivity contribution in [2.45, 2.75) is 12.0 Å². The van der Waals surface area contributed by atoms with Crippen LogP contribution in [0.2, 0.25) is 0 Å². The summed E-state index contributed by atoms with van der Waals surface area (Å²) in [5.74, 6) is -0.640. The molecule has 3 atom stereocenters. The summed E-state index contributed by atoms with van der Waals surface area (Å²) in [7, 11) is 0. The van der Waals surface area contributed by atoms with Gasteiger partial charge in [-0.2, -0.15) is 0 Å². The molecule has 6 nitrogen and oxygen atoms in total. The number of rotatable bonds is 2. The van der Waals surface area contributed by atoms with Crippen molar-refractivity contribution in [2.24, 2.45) is 5.92 Å². The standard InChI is InChI=1S/C13H17NO5/c15-7-9-5-14(13(18)19)6-11(17)12(9)8-1-3-10(16)4-2-8/h1-4,9,11-12,15-17H,5-7H2,(H,18,19)/p-1. The van der Waals surface area contributed by atoms with Crippen LogP contribution in [-0.4, -0.2) is 52.1 Å². The average molecular weight is 266 g/mol. The number of β-amino-alcohol motifs (C(OH)–C–C–N with tert-alkyl or cyclic N) is 1. The lowest BCUT2D eigenvalue weighted by Gasteiger charge is -2.42. The Morgan fingerprint density at radius 2 is 1.95 bits per heavy atom. The predicted molar refractivity (Wildman–Crippen MR) is 64.4 cm³/mol. The number of aromatic hydroxyl groups is 1. The summed E-state index contributed by atoms with van der Waals surface area (Å²) in [5, 5.41) is 39.6. The number of nitrogens with zero attached hydrogens (tertiary/aromatic N) is 1. The van der Waals surface area contributed by atoms with Crippen LogP contribution in [0.3, 0.4) is 0 Å². The number of hydrogen-bond acceptors (Lipinski definition) is 5. The Morgan fingerprint density at radius 3 is 2.47 bits per heavy atom. The van der Waals surface area contributed by atoms with Crippen LogP contribution in [0.1, 0.15) is 11.5 Å². The highest BCUT2D eigenvalue weighted by molar-refractivity contribution is 5.62. The number of hydrogen-bond donors (Lipinski definition) is 3. The fourth-order valence-electron chi connectivity index (χ4n) is 2.64. The summed E-state index contributed by atoms with van der Waals surface area (Å²) in [6.07, 6.45) is -2.25. The third kappa shape index (κ3) is 2.80. The van der Waals surface area contributed by atoms with E-state index in [4.69, 9.17) is 0 Å². The third-order valence-electron chi connectivity index (χ3n) is 3.56. The number of carboxylic acid groups (broad SMARTS) is 1. The maximum Gasteiger partial charge on any atom is 0.137 e. The van der Waals surface area contributed by atoms with E-state index in [1.54, 1.807) is 12.1 Å². The molecule has 104 valence electrons. The molecule has 3 N–H and O–H groups in total. The van der Waals surface area contributed by atoms with Gasteiger partial charge in [-0.3, -0.25) is 0 Å². The van der Waals surface area contributed by atoms with Crippen LogP contribution in [0, 0.1) is 5.92 Å². The number of aliphatic hydroxyl groups excluding tert-OH is 2. The molecular formula is C13H16NO5-. The molecule has 1 fully saturated rings. The normalized spacial score (nSPS) is 27.3. The zero-order chi connectivity index (χ0) is 14.0. The zero-order valence-electron chi connectivity index (χ0n) is 10.3. The van der Waals surface area contributed by atoms with Crippen molar-refractivity contribution in [2.75, 3.05) is 19.7 Å². The van der Waals surface area contributed by atoms with E-state index in [0.717, 1.165) is 10.5 Å². The monoisotopic (exact) mass is 266 g/mol. The summed E-state index contributed by atoms with van der Waals surface area (Å²) in [6, 6.07) is 6.34. The average Bonchev–Trinajstić information content (AvgIpc) is 2.39. The fraction of sp³-hybridized carbons (Fsp3) is 0.462. The molecule has 0 saturated carbocycles. The Labute approximate surface area is 110 Å². The summed E-state index contributed by atoms with van der Waals surface area (Å²) >= 11 is 0. The zero-order valence-corrected chi connectivity index (χ0v) is 10.3. The SMILES string of the molecule is O=C([O-])N1CC(O)C(c2ccc(O)cc2)C(CO)C1. The molecular weight excluding hydrogens is 250 g/mol. The van der Waals surface area contributed by atoms with Crippen LogP contribution in [0.25, 0.3) is 0 Å². The molecule has 1 aromatic rings. The molecule has 0 aliphatic carbocycles. The topological polar surface area (TPSA) is 104 Å². The highest BCUT2D eigenvalue weighted by Crippen LogP contribution is 2.33. The molecule has 1 aliphatic rings. The van der Waals surface area contributed by atoms with Crippen molar-refractivity contribution in [1.29, 1.82) is 0 Å². The Hall–Kier alpha value is -1.79. The number of benzene rings is 1. The molecule has 19 heavy (non-hydrogen) atoms. The van der Waals surface area contributed by atoms with E-state index in [1.807, 2.05) is 0 Å². The minimum atomic E-state index is -1.35. The first-order chi connectivity index (χ1) is 9.02. The van der Waals surface area contributed by atoms with Gasteiger partial charge < -0.3 is 30.1 Å². The second-order valence-corrected chi connectivity index (χ2v) is 4.80. The van der Waals surface area contributed by atoms with Gasteiger partial charge in [0.2, 0.25) is 0 Å². The Balaban J connectivity index is 2.24. The molecule has 0 bridgehead atoms. The van der Waals surface area contributed by atoms with Gasteiger partial charge in [0.25, 0.3) is 0 Å². The molecule has 1 aromatic carbocycles. The summed E-state index contributed by atoms with van der Waals surface area (Å²) in [6.45, 7) is -0.141. The summed E-state index contributed by atoms with van der Waals surface area (Å²) < 4.78 is 0. The molecule has 3 unspecified atom stereocenters. The lowest BCUT2D eigenvalue weighted by atomic mass is 9.79. The van der Waals surface area contributed by atoms with Crippen LogP contribution in [-0.2, 0) is 0 Å². The van der Waals surface area contributed by atoms with Crippen molar-refractivity contribution in [3.05, 3.63) is 29.8 Å². The minimum Gasteiger partial charge on any atom is -0.530 e. The molecule has 0 radical (unpaired) electrons. The number of amides is 1. The van der Waals surface area contributed by atoms with Gasteiger partial charge in [-0.15, -0.1) is 0 Å². The highest BCUT2D eigenvalue weighted by Gasteiger charge is 2.36. The van der Waals surface area contributed by atoms with Gasteiger partial charge in [-0.1, -0.05) is 12.1 Å². The van der Waals surface area contributed by atoms with Gasteiger partial charge >= 0.3 is 0 Å². The molecule has 1 heterocycles. The van der Waals surface area contributed by atoms with Crippen molar-refractivity contribution in [3.63, 3.8) is 0 Å². The first-order valence-electron chi connectivity index (χ1n) is 6.06. The van der Waals surface area contributed by atoms with E-state index < -0.39 is 18.1 Å². The van der Waals surface area contributed by atoms with Crippen molar-refractivity contribution in [3.8, 4) is 5.75 Å². The largest absolute Gasteiger partial charge is 0.530 e. The number of carbonyl (C=O) groups is 1. The van der Waals surface area contributed by atoms with E-state index in [1.165, 1.54) is 12.1 Å². The van der Waals surface area contributed by atoms with E-state index in [-0.39, 0.29) is 31.4 Å². The van der Waals surface area contributed by atoms with Gasteiger partial charge in [0.1, 0.15) is 11.8 Å². The summed E-state index contributed by atoms with van der Waals surface area (Å²) in [5.41, 5.74) is 0.766.